The second kappa shape index (κ2) is 4.12. The highest BCUT2D eigenvalue weighted by Gasteiger charge is 2.35. The van der Waals surface area contributed by atoms with Crippen molar-refractivity contribution in [3.8, 4) is 0 Å². The van der Waals surface area contributed by atoms with Crippen molar-refractivity contribution in [1.29, 1.82) is 0 Å². The molecule has 2 nitrogen and oxygen atoms in total. The van der Waals surface area contributed by atoms with Gasteiger partial charge in [0.25, 0.3) is 0 Å². The van der Waals surface area contributed by atoms with E-state index in [9.17, 15) is 5.11 Å². The summed E-state index contributed by atoms with van der Waals surface area (Å²) in [6.45, 7) is 6.91. The zero-order valence-corrected chi connectivity index (χ0v) is 11.8. The summed E-state index contributed by atoms with van der Waals surface area (Å²) in [6, 6.07) is 2.81. The zero-order chi connectivity index (χ0) is 12.9. The fourth-order valence-corrected chi connectivity index (χ4v) is 4.00. The van der Waals surface area contributed by atoms with Crippen molar-refractivity contribution in [1.82, 2.24) is 4.57 Å². The van der Waals surface area contributed by atoms with Crippen LogP contribution in [0.4, 0.5) is 0 Å². The van der Waals surface area contributed by atoms with E-state index in [1.54, 1.807) is 0 Å². The Balaban J connectivity index is 1.99. The Hall–Kier alpha value is -0.760. The number of hydrogen-bond donors (Lipinski definition) is 1. The summed E-state index contributed by atoms with van der Waals surface area (Å²) in [5.41, 5.74) is 2.82. The molecule has 2 aliphatic rings. The maximum atomic E-state index is 10.3. The molecule has 0 spiro atoms. The Morgan fingerprint density at radius 3 is 2.78 bits per heavy atom. The third-order valence-corrected chi connectivity index (χ3v) is 4.98. The minimum Gasteiger partial charge on any atom is -0.388 e. The van der Waals surface area contributed by atoms with E-state index >= 15 is 0 Å². The van der Waals surface area contributed by atoms with Crippen molar-refractivity contribution in [3.63, 3.8) is 0 Å². The molecule has 0 radical (unpaired) electrons. The first kappa shape index (κ1) is 12.3. The van der Waals surface area contributed by atoms with E-state index in [4.69, 9.17) is 0 Å². The largest absolute Gasteiger partial charge is 0.388 e. The minimum atomic E-state index is -0.262. The Morgan fingerprint density at radius 2 is 2.11 bits per heavy atom. The summed E-state index contributed by atoms with van der Waals surface area (Å²) in [4.78, 5) is 0. The van der Waals surface area contributed by atoms with Gasteiger partial charge in [-0.3, -0.25) is 0 Å². The van der Waals surface area contributed by atoms with Gasteiger partial charge >= 0.3 is 0 Å². The third-order valence-electron chi connectivity index (χ3n) is 4.98. The van der Waals surface area contributed by atoms with E-state index in [1.807, 2.05) is 0 Å². The van der Waals surface area contributed by atoms with Crippen LogP contribution in [0.3, 0.4) is 0 Å². The van der Waals surface area contributed by atoms with Crippen LogP contribution >= 0.6 is 0 Å². The molecule has 3 atom stereocenters. The summed E-state index contributed by atoms with van der Waals surface area (Å²) in [7, 11) is 0. The first-order valence-electron chi connectivity index (χ1n) is 7.35. The van der Waals surface area contributed by atoms with Crippen LogP contribution in [0.2, 0.25) is 0 Å². The van der Waals surface area contributed by atoms with Crippen LogP contribution < -0.4 is 0 Å². The molecule has 1 aromatic rings. The maximum Gasteiger partial charge on any atom is 0.0812 e. The number of hydrogen-bond acceptors (Lipinski definition) is 1. The number of fused-ring (bicyclic) bond motifs is 1. The lowest BCUT2D eigenvalue weighted by molar-refractivity contribution is 0.0971. The second-order valence-electron chi connectivity index (χ2n) is 7.16. The molecule has 2 aliphatic carbocycles. The fraction of sp³-hybridized carbons (Fsp3) is 0.750. The van der Waals surface area contributed by atoms with Crippen LogP contribution in [-0.4, -0.2) is 9.67 Å². The Bertz CT molecular complexity index is 446. The average molecular weight is 247 g/mol. The Morgan fingerprint density at radius 1 is 1.33 bits per heavy atom. The van der Waals surface area contributed by atoms with Gasteiger partial charge in [-0.15, -0.1) is 0 Å². The van der Waals surface area contributed by atoms with E-state index in [0.29, 0.717) is 6.04 Å². The second-order valence-corrected chi connectivity index (χ2v) is 7.16. The van der Waals surface area contributed by atoms with Crippen molar-refractivity contribution in [3.05, 3.63) is 23.5 Å². The highest BCUT2D eigenvalue weighted by Crippen LogP contribution is 2.44. The molecule has 3 unspecified atom stereocenters. The maximum absolute atomic E-state index is 10.3. The Kier molecular flexibility index (Phi) is 2.81. The van der Waals surface area contributed by atoms with Crippen LogP contribution in [0.15, 0.2) is 12.3 Å². The van der Waals surface area contributed by atoms with Crippen LogP contribution in [0.1, 0.15) is 69.9 Å². The average Bonchev–Trinajstić information content (AvgIpc) is 2.82. The van der Waals surface area contributed by atoms with Gasteiger partial charge < -0.3 is 9.67 Å². The topological polar surface area (TPSA) is 25.2 Å². The van der Waals surface area contributed by atoms with Gasteiger partial charge in [0.2, 0.25) is 0 Å². The number of aromatic nitrogens is 1. The van der Waals surface area contributed by atoms with Crippen molar-refractivity contribution in [2.75, 3.05) is 0 Å². The van der Waals surface area contributed by atoms with E-state index < -0.39 is 0 Å². The predicted molar refractivity (Wildman–Crippen MR) is 73.5 cm³/mol. The van der Waals surface area contributed by atoms with E-state index in [1.165, 1.54) is 30.5 Å². The van der Waals surface area contributed by atoms with E-state index in [-0.39, 0.29) is 11.5 Å². The van der Waals surface area contributed by atoms with Crippen LogP contribution in [0.5, 0.6) is 0 Å². The summed E-state index contributed by atoms with van der Waals surface area (Å²) in [5, 5.41) is 10.3. The number of rotatable bonds is 1. The van der Waals surface area contributed by atoms with Gasteiger partial charge in [-0.25, -0.2) is 0 Å². The lowest BCUT2D eigenvalue weighted by atomic mass is 9.75. The SMILES string of the molecule is CC1CCCC1n1ccc2c1CC(C)(C)CC2O. The number of aliphatic hydroxyl groups is 1. The molecule has 0 aromatic carbocycles. The lowest BCUT2D eigenvalue weighted by Gasteiger charge is -2.35. The molecule has 1 N–H and O–H groups in total. The van der Waals surface area contributed by atoms with Gasteiger partial charge in [-0.1, -0.05) is 27.2 Å². The molecule has 1 saturated carbocycles. The van der Waals surface area contributed by atoms with Gasteiger partial charge in [0.05, 0.1) is 6.10 Å². The first-order valence-corrected chi connectivity index (χ1v) is 7.35. The molecular weight excluding hydrogens is 222 g/mol. The Labute approximate surface area is 110 Å². The quantitative estimate of drug-likeness (QED) is 0.801. The van der Waals surface area contributed by atoms with Gasteiger partial charge in [-0.2, -0.15) is 0 Å². The highest BCUT2D eigenvalue weighted by atomic mass is 16.3. The third kappa shape index (κ3) is 1.91. The number of aliphatic hydroxyl groups excluding tert-OH is 1. The minimum absolute atomic E-state index is 0.227. The van der Waals surface area contributed by atoms with Crippen LogP contribution in [-0.2, 0) is 6.42 Å². The van der Waals surface area contributed by atoms with Crippen molar-refractivity contribution < 1.29 is 5.11 Å². The molecule has 0 saturated heterocycles. The summed E-state index contributed by atoms with van der Waals surface area (Å²) < 4.78 is 2.48. The summed E-state index contributed by atoms with van der Waals surface area (Å²) in [5.74, 6) is 0.781. The normalized spacial score (nSPS) is 34.6. The van der Waals surface area contributed by atoms with E-state index in [2.05, 4.69) is 37.6 Å². The molecule has 1 fully saturated rings. The van der Waals surface area contributed by atoms with Gasteiger partial charge in [-0.05, 0) is 43.1 Å². The molecular formula is C16H25NO. The summed E-state index contributed by atoms with van der Waals surface area (Å²) in [6.07, 6.45) is 7.97. The van der Waals surface area contributed by atoms with E-state index in [0.717, 1.165) is 18.8 Å². The monoisotopic (exact) mass is 247 g/mol. The molecule has 2 heteroatoms. The first-order chi connectivity index (χ1) is 8.48. The van der Waals surface area contributed by atoms with Gasteiger partial charge in [0, 0.05) is 23.5 Å². The standard InChI is InChI=1S/C16H25NO/c1-11-5-4-6-13(11)17-8-7-12-14(17)9-16(2,3)10-15(12)18/h7-8,11,13,15,18H,4-6,9-10H2,1-3H3. The van der Waals surface area contributed by atoms with Crippen LogP contribution in [0, 0.1) is 11.3 Å². The molecule has 3 rings (SSSR count). The molecule has 1 aromatic heterocycles. The molecule has 0 bridgehead atoms. The molecule has 100 valence electrons. The van der Waals surface area contributed by atoms with Crippen molar-refractivity contribution >= 4 is 0 Å². The molecule has 0 aliphatic heterocycles. The zero-order valence-electron chi connectivity index (χ0n) is 11.8. The lowest BCUT2D eigenvalue weighted by Crippen LogP contribution is -2.28. The van der Waals surface area contributed by atoms with Gasteiger partial charge in [0.15, 0.2) is 0 Å². The molecule has 0 amide bonds. The molecule has 18 heavy (non-hydrogen) atoms. The molecule has 1 heterocycles. The van der Waals surface area contributed by atoms with Crippen LogP contribution in [0.25, 0.3) is 0 Å². The highest BCUT2D eigenvalue weighted by molar-refractivity contribution is 5.30. The van der Waals surface area contributed by atoms with Gasteiger partial charge in [0.1, 0.15) is 0 Å². The number of nitrogens with zero attached hydrogens (tertiary/aromatic N) is 1. The summed E-state index contributed by atoms with van der Waals surface area (Å²) >= 11 is 0. The van der Waals surface area contributed by atoms with Crippen molar-refractivity contribution in [2.24, 2.45) is 11.3 Å². The smallest absolute Gasteiger partial charge is 0.0812 e. The van der Waals surface area contributed by atoms with Crippen molar-refractivity contribution in [2.45, 2.75) is 65.0 Å². The predicted octanol–water partition coefficient (Wildman–Crippen LogP) is 3.86. The fourth-order valence-electron chi connectivity index (χ4n) is 4.00.